The predicted octanol–water partition coefficient (Wildman–Crippen LogP) is 0.569. The first kappa shape index (κ1) is 16.1. The van der Waals surface area contributed by atoms with Crippen LogP contribution >= 0.6 is 11.8 Å². The van der Waals surface area contributed by atoms with Gasteiger partial charge in [0, 0.05) is 31.3 Å². The highest BCUT2D eigenvalue weighted by Crippen LogP contribution is 2.32. The van der Waals surface area contributed by atoms with Crippen LogP contribution in [-0.4, -0.2) is 58.9 Å². The number of nitrogens with zero attached hydrogens (tertiary/aromatic N) is 1. The third-order valence-corrected chi connectivity index (χ3v) is 4.75. The Morgan fingerprint density at radius 3 is 2.62 bits per heavy atom. The van der Waals surface area contributed by atoms with Gasteiger partial charge < -0.3 is 15.3 Å². The van der Waals surface area contributed by atoms with E-state index in [0.717, 1.165) is 32.2 Å². The molecule has 2 amide bonds. The summed E-state index contributed by atoms with van der Waals surface area (Å²) in [6.45, 7) is 1.78. The standard InChI is InChI=1S/C14H22N2O4S/c17-12(18)9-21-7-5-15-13(19)11-2-1-6-16(8-11)14(20)10-3-4-10/h10-11H,1-9H2,(H,15,19)(H,17,18). The smallest absolute Gasteiger partial charge is 0.313 e. The van der Waals surface area contributed by atoms with Crippen molar-refractivity contribution in [1.82, 2.24) is 10.2 Å². The second kappa shape index (κ2) is 7.68. The van der Waals surface area contributed by atoms with Gasteiger partial charge in [0.1, 0.15) is 0 Å². The molecule has 118 valence electrons. The van der Waals surface area contributed by atoms with Gasteiger partial charge in [-0.3, -0.25) is 14.4 Å². The number of hydrogen-bond acceptors (Lipinski definition) is 4. The first-order valence-corrected chi connectivity index (χ1v) is 8.59. The van der Waals surface area contributed by atoms with Crippen LogP contribution in [0.2, 0.25) is 0 Å². The molecule has 21 heavy (non-hydrogen) atoms. The zero-order valence-electron chi connectivity index (χ0n) is 12.0. The Hall–Kier alpha value is -1.24. The van der Waals surface area contributed by atoms with Gasteiger partial charge in [0.15, 0.2) is 0 Å². The third-order valence-electron chi connectivity index (χ3n) is 3.80. The maximum atomic E-state index is 12.1. The van der Waals surface area contributed by atoms with Crippen LogP contribution in [0.4, 0.5) is 0 Å². The Morgan fingerprint density at radius 2 is 1.95 bits per heavy atom. The summed E-state index contributed by atoms with van der Waals surface area (Å²) < 4.78 is 0. The highest BCUT2D eigenvalue weighted by molar-refractivity contribution is 7.99. The fraction of sp³-hybridized carbons (Fsp3) is 0.786. The van der Waals surface area contributed by atoms with E-state index in [1.165, 1.54) is 11.8 Å². The lowest BCUT2D eigenvalue weighted by molar-refractivity contribution is -0.137. The number of carboxylic acids is 1. The quantitative estimate of drug-likeness (QED) is 0.671. The van der Waals surface area contributed by atoms with Crippen LogP contribution in [-0.2, 0) is 14.4 Å². The summed E-state index contributed by atoms with van der Waals surface area (Å²) in [6, 6.07) is 0. The van der Waals surface area contributed by atoms with Gasteiger partial charge in [0.05, 0.1) is 11.7 Å². The van der Waals surface area contributed by atoms with E-state index in [1.807, 2.05) is 4.90 Å². The van der Waals surface area contributed by atoms with E-state index in [1.54, 1.807) is 0 Å². The zero-order valence-corrected chi connectivity index (χ0v) is 12.9. The highest BCUT2D eigenvalue weighted by Gasteiger charge is 2.36. The average Bonchev–Trinajstić information content (AvgIpc) is 3.30. The molecule has 0 aromatic heterocycles. The van der Waals surface area contributed by atoms with Crippen molar-refractivity contribution in [3.63, 3.8) is 0 Å². The highest BCUT2D eigenvalue weighted by atomic mass is 32.2. The third kappa shape index (κ3) is 5.22. The second-order valence-electron chi connectivity index (χ2n) is 5.64. The maximum Gasteiger partial charge on any atom is 0.313 e. The first-order chi connectivity index (χ1) is 10.1. The number of hydrogen-bond donors (Lipinski definition) is 2. The SMILES string of the molecule is O=C(O)CSCCNC(=O)C1CCCN(C(=O)C2CC2)C1. The number of carbonyl (C=O) groups excluding carboxylic acids is 2. The number of amides is 2. The lowest BCUT2D eigenvalue weighted by Gasteiger charge is -2.32. The normalized spacial score (nSPS) is 21.9. The molecule has 1 atom stereocenters. The van der Waals surface area contributed by atoms with Crippen molar-refractivity contribution in [2.75, 3.05) is 31.1 Å². The number of carbonyl (C=O) groups is 3. The van der Waals surface area contributed by atoms with E-state index < -0.39 is 5.97 Å². The fourth-order valence-corrected chi connectivity index (χ4v) is 3.10. The topological polar surface area (TPSA) is 86.7 Å². The lowest BCUT2D eigenvalue weighted by atomic mass is 9.97. The summed E-state index contributed by atoms with van der Waals surface area (Å²) in [5.74, 6) is 0.0973. The van der Waals surface area contributed by atoms with Crippen molar-refractivity contribution in [3.05, 3.63) is 0 Å². The predicted molar refractivity (Wildman–Crippen MR) is 80.0 cm³/mol. The summed E-state index contributed by atoms with van der Waals surface area (Å²) in [5, 5.41) is 11.4. The molecule has 2 rings (SSSR count). The number of nitrogens with one attached hydrogen (secondary N) is 1. The molecule has 6 nitrogen and oxygen atoms in total. The van der Waals surface area contributed by atoms with Gasteiger partial charge in [-0.1, -0.05) is 0 Å². The molecule has 1 heterocycles. The molecule has 0 spiro atoms. The largest absolute Gasteiger partial charge is 0.481 e. The molecule has 2 N–H and O–H groups in total. The molecule has 0 bridgehead atoms. The number of likely N-dealkylation sites (tertiary alicyclic amines) is 1. The fourth-order valence-electron chi connectivity index (χ4n) is 2.53. The number of aliphatic carboxylic acids is 1. The van der Waals surface area contributed by atoms with E-state index in [9.17, 15) is 14.4 Å². The van der Waals surface area contributed by atoms with Gasteiger partial charge in [-0.05, 0) is 25.7 Å². The minimum Gasteiger partial charge on any atom is -0.481 e. The molecule has 2 fully saturated rings. The summed E-state index contributed by atoms with van der Waals surface area (Å²) in [6.07, 6.45) is 3.69. The molecule has 2 aliphatic rings. The average molecular weight is 314 g/mol. The van der Waals surface area contributed by atoms with Crippen LogP contribution in [0, 0.1) is 11.8 Å². The van der Waals surface area contributed by atoms with E-state index >= 15 is 0 Å². The summed E-state index contributed by atoms with van der Waals surface area (Å²) in [7, 11) is 0. The van der Waals surface area contributed by atoms with Crippen molar-refractivity contribution >= 4 is 29.5 Å². The van der Waals surface area contributed by atoms with Crippen LogP contribution in [0.1, 0.15) is 25.7 Å². The number of carboxylic acid groups (broad SMARTS) is 1. The van der Waals surface area contributed by atoms with Crippen molar-refractivity contribution in [2.45, 2.75) is 25.7 Å². The minimum atomic E-state index is -0.840. The Kier molecular flexibility index (Phi) is 5.90. The van der Waals surface area contributed by atoms with Crippen molar-refractivity contribution in [1.29, 1.82) is 0 Å². The van der Waals surface area contributed by atoms with Gasteiger partial charge in [0.2, 0.25) is 11.8 Å². The Bertz CT molecular complexity index is 412. The molecule has 0 radical (unpaired) electrons. The van der Waals surface area contributed by atoms with Crippen LogP contribution in [0.15, 0.2) is 0 Å². The number of rotatable bonds is 7. The Labute approximate surface area is 128 Å². The van der Waals surface area contributed by atoms with Gasteiger partial charge >= 0.3 is 5.97 Å². The molecule has 0 aromatic rings. The van der Waals surface area contributed by atoms with Crippen LogP contribution in [0.25, 0.3) is 0 Å². The maximum absolute atomic E-state index is 12.1. The van der Waals surface area contributed by atoms with Gasteiger partial charge in [-0.15, -0.1) is 11.8 Å². The lowest BCUT2D eigenvalue weighted by Crippen LogP contribution is -2.46. The molecule has 1 aliphatic carbocycles. The molecule has 7 heteroatoms. The summed E-state index contributed by atoms with van der Waals surface area (Å²) in [5.41, 5.74) is 0. The van der Waals surface area contributed by atoms with Crippen LogP contribution in [0.5, 0.6) is 0 Å². The molecular weight excluding hydrogens is 292 g/mol. The molecular formula is C14H22N2O4S. The van der Waals surface area contributed by atoms with Crippen molar-refractivity contribution in [3.8, 4) is 0 Å². The molecule has 1 saturated heterocycles. The number of piperidine rings is 1. The van der Waals surface area contributed by atoms with Crippen molar-refractivity contribution in [2.24, 2.45) is 11.8 Å². The van der Waals surface area contributed by atoms with E-state index in [2.05, 4.69) is 5.32 Å². The van der Waals surface area contributed by atoms with Crippen LogP contribution < -0.4 is 5.32 Å². The summed E-state index contributed by atoms with van der Waals surface area (Å²) in [4.78, 5) is 36.3. The van der Waals surface area contributed by atoms with E-state index in [4.69, 9.17) is 5.11 Å². The zero-order chi connectivity index (χ0) is 15.2. The Morgan fingerprint density at radius 1 is 1.19 bits per heavy atom. The molecule has 1 unspecified atom stereocenters. The monoisotopic (exact) mass is 314 g/mol. The van der Waals surface area contributed by atoms with Crippen molar-refractivity contribution < 1.29 is 19.5 Å². The minimum absolute atomic E-state index is 0.0146. The molecule has 1 saturated carbocycles. The molecule has 1 aliphatic heterocycles. The second-order valence-corrected chi connectivity index (χ2v) is 6.74. The van der Waals surface area contributed by atoms with Gasteiger partial charge in [-0.2, -0.15) is 0 Å². The van der Waals surface area contributed by atoms with E-state index in [0.29, 0.717) is 18.8 Å². The first-order valence-electron chi connectivity index (χ1n) is 7.44. The van der Waals surface area contributed by atoms with Gasteiger partial charge in [-0.25, -0.2) is 0 Å². The van der Waals surface area contributed by atoms with Gasteiger partial charge in [0.25, 0.3) is 0 Å². The molecule has 0 aromatic carbocycles. The number of thioether (sulfide) groups is 1. The Balaban J connectivity index is 1.66. The summed E-state index contributed by atoms with van der Waals surface area (Å²) >= 11 is 1.29. The van der Waals surface area contributed by atoms with Crippen LogP contribution in [0.3, 0.4) is 0 Å². The van der Waals surface area contributed by atoms with E-state index in [-0.39, 0.29) is 29.4 Å².